The monoisotopic (exact) mass is 3110 g/mol. The smallest absolute Gasteiger partial charge is 0 e. The Morgan fingerprint density at radius 2 is 0.0286 bits per heavy atom. The van der Waals surface area contributed by atoms with Crippen LogP contribution in [-0.2, 0) is 1140 Å². The van der Waals surface area contributed by atoms with Crippen LogP contribution in [0.15, 0.2) is 0 Å². The van der Waals surface area contributed by atoms with Crippen molar-refractivity contribution in [3.63, 3.8) is 0 Å². The molecule has 0 amide bonds. The van der Waals surface area contributed by atoms with Crippen LogP contribution in [-0.4, -0.2) is 0 Å². The normalized spacial score (nSPS) is 0. The first kappa shape index (κ1) is 260. The number of rotatable bonds is 0. The summed E-state index contributed by atoms with van der Waals surface area (Å²) in [6.45, 7) is 0. The first-order valence-corrected chi connectivity index (χ1v) is 0. The Labute approximate surface area is 1100 Å². The van der Waals surface area contributed by atoms with Crippen LogP contribution in [0, 0.1) is 0 Å². The minimum absolute atomic E-state index is 0. The molecule has 0 saturated carbocycles. The van der Waals surface area contributed by atoms with Crippen molar-refractivity contribution in [3.8, 4) is 0 Å². The molecule has 0 rings (SSSR count). The fraction of sp³-hybridized carbons (Fsp3) is 0. The molecule has 105 valence electrons. The first-order valence-electron chi connectivity index (χ1n) is 0. The predicted octanol–water partition coefficient (Wildman–Crippen LogP) is -0.0875. The van der Waals surface area contributed by atoms with Gasteiger partial charge in [-0.15, -0.1) is 0 Å². The van der Waals surface area contributed by atoms with Crippen molar-refractivity contribution in [2.75, 3.05) is 0 Å². The summed E-state index contributed by atoms with van der Waals surface area (Å²) in [5.74, 6) is 0. The molecule has 0 aliphatic rings. The quantitative estimate of drug-likeness (QED) is 0.319. The Kier molecular flexibility index (Phi) is 1860. The van der Waals surface area contributed by atoms with Crippen LogP contribution in [0.3, 0.4) is 0 Å². The van der Waals surface area contributed by atoms with Crippen molar-refractivity contribution >= 4 is 0 Å². The zero-order valence-corrected chi connectivity index (χ0v) is 120. The molecular weight excluding hydrogens is 3110 g/mol. The molecule has 0 N–H and O–H groups in total. The van der Waals surface area contributed by atoms with Crippen LogP contribution < -0.4 is 0 Å². The van der Waals surface area contributed by atoms with Gasteiger partial charge in [0.05, 0.1) is 0 Å². The zero-order valence-electron chi connectivity index (χ0n) is 20.2. The maximum absolute atomic E-state index is 0. The predicted molar refractivity (Wildman–Crippen MR) is 0 cm³/mol. The SMILES string of the molecule is [Y].[Y].[Y].[Y].[Y].[Y].[Y].[Y].[Y].[Y].[Y].[Y].[Y].[Y].[Y].[Y].[Y].[Y].[Y].[Y].[Y].[Y].[Y].[Y].[Y].[Y].[Y].[Y].[Y].[Y].[Y].[Y].[Y].[Y].[Y]. The Morgan fingerprint density at radius 1 is 0.0286 bits per heavy atom. The van der Waals surface area contributed by atoms with Gasteiger partial charge in [-0.2, -0.15) is 0 Å². The van der Waals surface area contributed by atoms with Gasteiger partial charge < -0.3 is 0 Å². The van der Waals surface area contributed by atoms with E-state index in [-0.39, 0.29) is 1140 Å². The molecule has 0 bridgehead atoms. The Bertz CT molecular complexity index is 0. The van der Waals surface area contributed by atoms with Crippen molar-refractivity contribution in [1.29, 1.82) is 0 Å². The van der Waals surface area contributed by atoms with Gasteiger partial charge in [0.2, 0.25) is 0 Å². The Hall–Kier alpha value is 38.6. The second kappa shape index (κ2) is 250. The fourth-order valence-electron chi connectivity index (χ4n) is 0. The third kappa shape index (κ3) is 243. The maximum Gasteiger partial charge on any atom is 0 e. The number of hydrogen-bond acceptors (Lipinski definition) is 0. The van der Waals surface area contributed by atoms with Gasteiger partial charge in [0.15, 0.2) is 0 Å². The number of hydrogen-bond donors (Lipinski definition) is 0. The van der Waals surface area contributed by atoms with Gasteiger partial charge in [-0.3, -0.25) is 0 Å². The summed E-state index contributed by atoms with van der Waals surface area (Å²) in [7, 11) is 0. The molecule has 35 heavy (non-hydrogen) atoms. The second-order valence-corrected chi connectivity index (χ2v) is 0. The summed E-state index contributed by atoms with van der Waals surface area (Å²) >= 11 is 0. The van der Waals surface area contributed by atoms with Crippen LogP contribution in [0.5, 0.6) is 0 Å². The molecule has 0 aromatic carbocycles. The van der Waals surface area contributed by atoms with E-state index in [9.17, 15) is 0 Å². The summed E-state index contributed by atoms with van der Waals surface area (Å²) < 4.78 is 0. The third-order valence-corrected chi connectivity index (χ3v) is 0. The summed E-state index contributed by atoms with van der Waals surface area (Å²) in [5, 5.41) is 0. The summed E-state index contributed by atoms with van der Waals surface area (Å²) in [4.78, 5) is 0. The summed E-state index contributed by atoms with van der Waals surface area (Å²) in [5.41, 5.74) is 0. The van der Waals surface area contributed by atoms with Crippen molar-refractivity contribution in [2.24, 2.45) is 0 Å². The minimum Gasteiger partial charge on any atom is 0 e. The van der Waals surface area contributed by atoms with E-state index in [2.05, 4.69) is 0 Å². The third-order valence-electron chi connectivity index (χ3n) is 0. The molecule has 0 aromatic heterocycles. The van der Waals surface area contributed by atoms with Crippen molar-refractivity contribution in [1.82, 2.24) is 0 Å². The van der Waals surface area contributed by atoms with E-state index in [0.717, 1.165) is 0 Å². The van der Waals surface area contributed by atoms with Crippen LogP contribution >= 0.6 is 0 Å². The molecule has 0 fully saturated rings. The Morgan fingerprint density at radius 3 is 0.0286 bits per heavy atom. The largest absolute Gasteiger partial charge is 0 e. The molecule has 0 saturated heterocycles. The molecule has 0 heterocycles. The van der Waals surface area contributed by atoms with Gasteiger partial charge in [-0.1, -0.05) is 0 Å². The van der Waals surface area contributed by atoms with E-state index < -0.39 is 0 Å². The van der Waals surface area contributed by atoms with Crippen LogP contribution in [0.1, 0.15) is 0 Å². The van der Waals surface area contributed by atoms with E-state index in [0.29, 0.717) is 0 Å². The average Bonchev–Trinajstić information content (AvgIpc) is 0. The minimum atomic E-state index is 0. The first-order chi connectivity index (χ1) is 0. The molecule has 0 spiro atoms. The average molecular weight is 3110 g/mol. The summed E-state index contributed by atoms with van der Waals surface area (Å²) in [6.07, 6.45) is 0. The van der Waals surface area contributed by atoms with Crippen LogP contribution in [0.4, 0.5) is 0 Å². The van der Waals surface area contributed by atoms with Crippen molar-refractivity contribution in [3.05, 3.63) is 0 Å². The molecule has 0 aromatic rings. The Balaban J connectivity index is 0. The molecule has 0 unspecified atom stereocenters. The van der Waals surface area contributed by atoms with Gasteiger partial charge in [-0.25, -0.2) is 0 Å². The fourth-order valence-corrected chi connectivity index (χ4v) is 0. The van der Waals surface area contributed by atoms with E-state index in [1.54, 1.807) is 0 Å². The van der Waals surface area contributed by atoms with E-state index in [1.807, 2.05) is 0 Å². The van der Waals surface area contributed by atoms with Crippen molar-refractivity contribution in [2.45, 2.75) is 0 Å². The van der Waals surface area contributed by atoms with Gasteiger partial charge >= 0.3 is 0 Å². The molecule has 0 atom stereocenters. The van der Waals surface area contributed by atoms with Gasteiger partial charge in [0, 0.05) is 1140 Å². The standard InChI is InChI=1S/35Y. The second-order valence-electron chi connectivity index (χ2n) is 0. The van der Waals surface area contributed by atoms with E-state index in [1.165, 1.54) is 0 Å². The molecule has 35 radical (unpaired) electrons. The topological polar surface area (TPSA) is 0 Å². The molecular formula is Y35. The summed E-state index contributed by atoms with van der Waals surface area (Å²) in [6, 6.07) is 0. The van der Waals surface area contributed by atoms with Crippen LogP contribution in [0.25, 0.3) is 0 Å². The van der Waals surface area contributed by atoms with Gasteiger partial charge in [0.25, 0.3) is 0 Å². The van der Waals surface area contributed by atoms with E-state index >= 15 is 0 Å². The maximum atomic E-state index is 0. The van der Waals surface area contributed by atoms with E-state index in [4.69, 9.17) is 0 Å². The molecule has 0 aliphatic carbocycles. The van der Waals surface area contributed by atoms with Crippen molar-refractivity contribution < 1.29 is 1140 Å². The molecule has 35 heteroatoms. The van der Waals surface area contributed by atoms with Crippen LogP contribution in [0.2, 0.25) is 0 Å². The van der Waals surface area contributed by atoms with Gasteiger partial charge in [0.1, 0.15) is 0 Å². The molecule has 0 aliphatic heterocycles. The zero-order chi connectivity index (χ0) is 0. The molecule has 0 nitrogen and oxygen atoms in total. The van der Waals surface area contributed by atoms with Gasteiger partial charge in [-0.05, 0) is 0 Å².